The average molecular weight is 303 g/mol. The number of carbonyl (C=O) groups is 1. The lowest BCUT2D eigenvalue weighted by Crippen LogP contribution is -2.32. The predicted molar refractivity (Wildman–Crippen MR) is 81.7 cm³/mol. The third kappa shape index (κ3) is 3.19. The fraction of sp³-hybridized carbons (Fsp3) is 0.533. The Labute approximate surface area is 129 Å². The van der Waals surface area contributed by atoms with Crippen molar-refractivity contribution in [3.05, 3.63) is 29.3 Å². The number of amides is 1. The number of anilines is 1. The first-order chi connectivity index (χ1) is 10.5. The Morgan fingerprint density at radius 2 is 2.23 bits per heavy atom. The Balaban J connectivity index is 1.54. The molecule has 1 unspecified atom stereocenters. The van der Waals surface area contributed by atoms with Gasteiger partial charge in [-0.25, -0.2) is 0 Å². The van der Waals surface area contributed by atoms with Gasteiger partial charge in [-0.3, -0.25) is 14.4 Å². The Morgan fingerprint density at radius 1 is 1.41 bits per heavy atom. The number of carbonyl (C=O) groups excluding carboxylic acids is 1. The highest BCUT2D eigenvalue weighted by molar-refractivity contribution is 5.91. The molecule has 1 saturated heterocycles. The van der Waals surface area contributed by atoms with Crippen LogP contribution in [0.4, 0.5) is 5.82 Å². The van der Waals surface area contributed by atoms with Crippen molar-refractivity contribution in [2.45, 2.75) is 33.2 Å². The molecule has 0 aromatic carbocycles. The number of likely N-dealkylation sites (tertiary alicyclic amines) is 1. The van der Waals surface area contributed by atoms with Crippen LogP contribution in [-0.2, 0) is 4.79 Å². The second-order valence-electron chi connectivity index (χ2n) is 5.92. The smallest absolute Gasteiger partial charge is 0.239 e. The van der Waals surface area contributed by atoms with Crippen LogP contribution in [0.3, 0.4) is 0 Å². The van der Waals surface area contributed by atoms with Gasteiger partial charge in [0.25, 0.3) is 0 Å². The van der Waals surface area contributed by atoms with Gasteiger partial charge < -0.3 is 9.84 Å². The van der Waals surface area contributed by atoms with E-state index in [1.54, 1.807) is 13.0 Å². The zero-order valence-electron chi connectivity index (χ0n) is 13.2. The molecule has 0 saturated carbocycles. The van der Waals surface area contributed by atoms with Gasteiger partial charge in [-0.15, -0.1) is 0 Å². The molecule has 1 N–H and O–H groups in total. The number of nitrogens with one attached hydrogen (secondary N) is 1. The summed E-state index contributed by atoms with van der Waals surface area (Å²) in [5.74, 6) is 1.08. The van der Waals surface area contributed by atoms with Crippen LogP contribution in [0.2, 0.25) is 0 Å². The fourth-order valence-electron chi connectivity index (χ4n) is 2.98. The van der Waals surface area contributed by atoms with Gasteiger partial charge in [-0.2, -0.15) is 5.10 Å². The zero-order valence-corrected chi connectivity index (χ0v) is 13.2. The summed E-state index contributed by atoms with van der Waals surface area (Å²) in [4.78, 5) is 14.2. The van der Waals surface area contributed by atoms with E-state index >= 15 is 0 Å². The van der Waals surface area contributed by atoms with Crippen molar-refractivity contribution in [1.82, 2.24) is 19.8 Å². The largest absolute Gasteiger partial charge is 0.360 e. The molecule has 2 aromatic rings. The first-order valence-electron chi connectivity index (χ1n) is 7.49. The second-order valence-corrected chi connectivity index (χ2v) is 5.92. The van der Waals surface area contributed by atoms with E-state index < -0.39 is 0 Å². The minimum atomic E-state index is -0.0673. The number of aromatic nitrogens is 3. The highest BCUT2D eigenvalue weighted by Gasteiger charge is 2.26. The van der Waals surface area contributed by atoms with Crippen LogP contribution >= 0.6 is 0 Å². The molecule has 1 fully saturated rings. The summed E-state index contributed by atoms with van der Waals surface area (Å²) in [6, 6.07) is 4.14. The molecule has 1 amide bonds. The predicted octanol–water partition coefficient (Wildman–Crippen LogP) is 1.68. The number of rotatable bonds is 4. The molecule has 1 aliphatic rings. The molecule has 0 spiro atoms. The highest BCUT2D eigenvalue weighted by atomic mass is 16.5. The molecule has 0 radical (unpaired) electrons. The van der Waals surface area contributed by atoms with Crippen LogP contribution in [0.1, 0.15) is 29.6 Å². The third-order valence-corrected chi connectivity index (χ3v) is 3.90. The Kier molecular flexibility index (Phi) is 3.98. The minimum Gasteiger partial charge on any atom is -0.360 e. The molecule has 2 aromatic heterocycles. The summed E-state index contributed by atoms with van der Waals surface area (Å²) in [6.45, 7) is 7.97. The van der Waals surface area contributed by atoms with Crippen molar-refractivity contribution in [2.75, 3.05) is 25.0 Å². The zero-order chi connectivity index (χ0) is 15.7. The van der Waals surface area contributed by atoms with Crippen molar-refractivity contribution in [3.63, 3.8) is 0 Å². The maximum atomic E-state index is 12.0. The van der Waals surface area contributed by atoms with Gasteiger partial charge in [-0.1, -0.05) is 5.16 Å². The molecule has 22 heavy (non-hydrogen) atoms. The molecular weight excluding hydrogens is 282 g/mol. The van der Waals surface area contributed by atoms with Crippen LogP contribution < -0.4 is 5.32 Å². The molecular formula is C15H21N5O2. The van der Waals surface area contributed by atoms with Crippen LogP contribution in [0.25, 0.3) is 0 Å². The van der Waals surface area contributed by atoms with Crippen LogP contribution in [-0.4, -0.2) is 45.4 Å². The topological polar surface area (TPSA) is 76.2 Å². The first-order valence-corrected chi connectivity index (χ1v) is 7.49. The molecule has 0 aliphatic carbocycles. The van der Waals surface area contributed by atoms with Gasteiger partial charge >= 0.3 is 0 Å². The fourth-order valence-corrected chi connectivity index (χ4v) is 2.98. The summed E-state index contributed by atoms with van der Waals surface area (Å²) in [6.07, 6.45) is 1.01. The third-order valence-electron chi connectivity index (χ3n) is 3.90. The van der Waals surface area contributed by atoms with Crippen molar-refractivity contribution >= 4 is 11.7 Å². The maximum absolute atomic E-state index is 12.0. The van der Waals surface area contributed by atoms with Gasteiger partial charge in [0.2, 0.25) is 5.91 Å². The number of hydrogen-bond donors (Lipinski definition) is 1. The number of hydrogen-bond acceptors (Lipinski definition) is 5. The van der Waals surface area contributed by atoms with Crippen molar-refractivity contribution in [3.8, 4) is 0 Å². The Hall–Kier alpha value is -2.15. The minimum absolute atomic E-state index is 0.0673. The number of aryl methyl sites for hydroxylation is 3. The summed E-state index contributed by atoms with van der Waals surface area (Å²) in [5, 5.41) is 11.1. The summed E-state index contributed by atoms with van der Waals surface area (Å²) in [5.41, 5.74) is 2.21. The molecule has 1 atom stereocenters. The van der Waals surface area contributed by atoms with Gasteiger partial charge in [0.05, 0.1) is 18.3 Å². The molecule has 1 aliphatic heterocycles. The van der Waals surface area contributed by atoms with Crippen molar-refractivity contribution in [2.24, 2.45) is 0 Å². The van der Waals surface area contributed by atoms with Gasteiger partial charge in [-0.05, 0) is 33.3 Å². The molecule has 7 nitrogen and oxygen atoms in total. The molecule has 7 heteroatoms. The molecule has 118 valence electrons. The van der Waals surface area contributed by atoms with Crippen LogP contribution in [0.5, 0.6) is 0 Å². The summed E-state index contributed by atoms with van der Waals surface area (Å²) in [7, 11) is 0. The lowest BCUT2D eigenvalue weighted by molar-refractivity contribution is -0.117. The molecule has 3 heterocycles. The molecule has 0 bridgehead atoms. The van der Waals surface area contributed by atoms with Crippen molar-refractivity contribution < 1.29 is 9.32 Å². The number of nitrogens with zero attached hydrogens (tertiary/aromatic N) is 4. The summed E-state index contributed by atoms with van der Waals surface area (Å²) < 4.78 is 7.01. The summed E-state index contributed by atoms with van der Waals surface area (Å²) >= 11 is 0. The van der Waals surface area contributed by atoms with E-state index in [2.05, 4.69) is 38.1 Å². The van der Waals surface area contributed by atoms with Gasteiger partial charge in [0, 0.05) is 24.8 Å². The first kappa shape index (κ1) is 14.8. The highest BCUT2D eigenvalue weighted by Crippen LogP contribution is 2.22. The second kappa shape index (κ2) is 5.92. The maximum Gasteiger partial charge on any atom is 0.239 e. The molecule has 3 rings (SSSR count). The van der Waals surface area contributed by atoms with Crippen LogP contribution in [0.15, 0.2) is 16.7 Å². The van der Waals surface area contributed by atoms with Crippen molar-refractivity contribution in [1.29, 1.82) is 0 Å². The normalized spacial score (nSPS) is 18.8. The van der Waals surface area contributed by atoms with Gasteiger partial charge in [0.1, 0.15) is 5.76 Å². The van der Waals surface area contributed by atoms with E-state index in [1.165, 1.54) is 5.69 Å². The lowest BCUT2D eigenvalue weighted by atomic mass is 10.2. The lowest BCUT2D eigenvalue weighted by Gasteiger charge is -2.16. The quantitative estimate of drug-likeness (QED) is 0.930. The van der Waals surface area contributed by atoms with Gasteiger partial charge in [0.15, 0.2) is 5.82 Å². The SMILES string of the molecule is Cc1cc(C)n(C2CCN(CC(=O)Nc3cc(C)on3)C2)n1. The van der Waals surface area contributed by atoms with E-state index in [0.29, 0.717) is 24.2 Å². The van der Waals surface area contributed by atoms with E-state index in [9.17, 15) is 4.79 Å². The standard InChI is InChI=1S/C15H21N5O2/c1-10-6-11(2)20(17-10)13-4-5-19(8-13)9-15(21)16-14-7-12(3)22-18-14/h6-7,13H,4-5,8-9H2,1-3H3,(H,16,18,21). The Bertz CT molecular complexity index is 675. The average Bonchev–Trinajstić information content (AvgIpc) is 3.12. The Morgan fingerprint density at radius 3 is 2.86 bits per heavy atom. The van der Waals surface area contributed by atoms with E-state index in [1.807, 2.05) is 6.92 Å². The monoisotopic (exact) mass is 303 g/mol. The van der Waals surface area contributed by atoms with Crippen LogP contribution in [0, 0.1) is 20.8 Å². The van der Waals surface area contributed by atoms with E-state index in [-0.39, 0.29) is 5.91 Å². The van der Waals surface area contributed by atoms with E-state index in [0.717, 1.165) is 25.2 Å². The van der Waals surface area contributed by atoms with E-state index in [4.69, 9.17) is 4.52 Å².